The number of nitrogens with zero attached hydrogens (tertiary/aromatic N) is 3. The van der Waals surface area contributed by atoms with E-state index in [9.17, 15) is 9.59 Å². The van der Waals surface area contributed by atoms with Crippen LogP contribution < -0.4 is 4.74 Å². The highest BCUT2D eigenvalue weighted by Crippen LogP contribution is 2.29. The fourth-order valence-corrected chi connectivity index (χ4v) is 4.08. The number of carbonyl (C=O) groups is 2. The van der Waals surface area contributed by atoms with Crippen molar-refractivity contribution >= 4 is 23.3 Å². The van der Waals surface area contributed by atoms with Gasteiger partial charge in [-0.15, -0.1) is 10.2 Å². The van der Waals surface area contributed by atoms with Gasteiger partial charge in [0, 0.05) is 17.3 Å². The number of hydrogen-bond donors (Lipinski definition) is 1. The maximum Gasteiger partial charge on any atom is 0.196 e. The number of aromatic amines is 1. The highest BCUT2D eigenvalue weighted by atomic mass is 32.2. The van der Waals surface area contributed by atoms with Gasteiger partial charge < -0.3 is 9.72 Å². The van der Waals surface area contributed by atoms with Crippen LogP contribution in [0.5, 0.6) is 5.75 Å². The standard InChI is InChI=1S/C20H22N4O3S/c1-11-17(13(3)25)12(2)22-18(11)19(26)14(4)28-20-23-21-10-24(20)15-7-6-8-16(9-15)27-5/h6-10,14,22H,1-5H3. The molecule has 0 saturated heterocycles. The van der Waals surface area contributed by atoms with Crippen LogP contribution in [0.1, 0.15) is 46.0 Å². The Hall–Kier alpha value is -2.87. The number of aryl methyl sites for hydroxylation is 1. The molecule has 0 aliphatic carbocycles. The molecule has 3 aromatic rings. The van der Waals surface area contributed by atoms with E-state index in [0.29, 0.717) is 27.7 Å². The SMILES string of the molecule is COc1cccc(-n2cnnc2SC(C)C(=O)c2[nH]c(C)c(C(C)=O)c2C)c1. The monoisotopic (exact) mass is 398 g/mol. The van der Waals surface area contributed by atoms with Gasteiger partial charge in [0.1, 0.15) is 12.1 Å². The lowest BCUT2D eigenvalue weighted by molar-refractivity contribution is 0.0988. The Bertz CT molecular complexity index is 1040. The molecule has 8 heteroatoms. The summed E-state index contributed by atoms with van der Waals surface area (Å²) in [4.78, 5) is 27.9. The molecule has 0 aliphatic rings. The molecule has 0 spiro atoms. The number of carbonyl (C=O) groups excluding carboxylic acids is 2. The Morgan fingerprint density at radius 3 is 2.68 bits per heavy atom. The van der Waals surface area contributed by atoms with Gasteiger partial charge >= 0.3 is 0 Å². The summed E-state index contributed by atoms with van der Waals surface area (Å²) in [6.07, 6.45) is 1.60. The fourth-order valence-electron chi connectivity index (χ4n) is 3.18. The summed E-state index contributed by atoms with van der Waals surface area (Å²) >= 11 is 1.31. The third-order valence-corrected chi connectivity index (χ3v) is 5.59. The first-order chi connectivity index (χ1) is 13.3. The average molecular weight is 398 g/mol. The second kappa shape index (κ2) is 8.02. The molecule has 1 unspecified atom stereocenters. The van der Waals surface area contributed by atoms with Gasteiger partial charge in [-0.1, -0.05) is 17.8 Å². The number of thioether (sulfide) groups is 1. The van der Waals surface area contributed by atoms with E-state index in [1.807, 2.05) is 35.8 Å². The number of aromatic nitrogens is 4. The number of ether oxygens (including phenoxy) is 1. The average Bonchev–Trinajstić information content (AvgIpc) is 3.24. The van der Waals surface area contributed by atoms with Crippen LogP contribution >= 0.6 is 11.8 Å². The van der Waals surface area contributed by atoms with Crippen LogP contribution in [0, 0.1) is 13.8 Å². The molecule has 2 aromatic heterocycles. The van der Waals surface area contributed by atoms with E-state index in [2.05, 4.69) is 15.2 Å². The van der Waals surface area contributed by atoms with Crippen LogP contribution in [0.2, 0.25) is 0 Å². The van der Waals surface area contributed by atoms with E-state index >= 15 is 0 Å². The minimum absolute atomic E-state index is 0.0524. The van der Waals surface area contributed by atoms with Crippen molar-refractivity contribution in [2.24, 2.45) is 0 Å². The van der Waals surface area contributed by atoms with Crippen molar-refractivity contribution in [1.82, 2.24) is 19.7 Å². The van der Waals surface area contributed by atoms with Crippen LogP contribution in [0.15, 0.2) is 35.7 Å². The molecule has 2 heterocycles. The van der Waals surface area contributed by atoms with E-state index in [4.69, 9.17) is 4.74 Å². The van der Waals surface area contributed by atoms with E-state index in [1.54, 1.807) is 27.3 Å². The van der Waals surface area contributed by atoms with Crippen LogP contribution in [-0.2, 0) is 0 Å². The summed E-state index contributed by atoms with van der Waals surface area (Å²) in [6, 6.07) is 7.53. The minimum atomic E-state index is -0.412. The zero-order valence-electron chi connectivity index (χ0n) is 16.4. The molecule has 1 N–H and O–H groups in total. The van der Waals surface area contributed by atoms with Gasteiger partial charge in [0.25, 0.3) is 0 Å². The van der Waals surface area contributed by atoms with E-state index in [1.165, 1.54) is 18.7 Å². The molecule has 1 atom stereocenters. The first-order valence-corrected chi connectivity index (χ1v) is 9.66. The fraction of sp³-hybridized carbons (Fsp3) is 0.300. The molecule has 3 rings (SSSR count). The molecule has 0 fully saturated rings. The van der Waals surface area contributed by atoms with Crippen LogP contribution in [0.25, 0.3) is 5.69 Å². The molecule has 1 aromatic carbocycles. The maximum absolute atomic E-state index is 13.0. The summed E-state index contributed by atoms with van der Waals surface area (Å²) < 4.78 is 7.08. The van der Waals surface area contributed by atoms with Gasteiger partial charge in [-0.05, 0) is 45.4 Å². The molecule has 28 heavy (non-hydrogen) atoms. The van der Waals surface area contributed by atoms with Crippen molar-refractivity contribution in [1.29, 1.82) is 0 Å². The zero-order valence-corrected chi connectivity index (χ0v) is 17.3. The minimum Gasteiger partial charge on any atom is -0.497 e. The van der Waals surface area contributed by atoms with Crippen molar-refractivity contribution in [3.8, 4) is 11.4 Å². The second-order valence-electron chi connectivity index (χ2n) is 6.49. The van der Waals surface area contributed by atoms with Gasteiger partial charge in [0.15, 0.2) is 16.7 Å². The number of H-pyrrole nitrogens is 1. The number of nitrogens with one attached hydrogen (secondary N) is 1. The van der Waals surface area contributed by atoms with Crippen LogP contribution in [-0.4, -0.2) is 43.7 Å². The van der Waals surface area contributed by atoms with Crippen LogP contribution in [0.3, 0.4) is 0 Å². The van der Waals surface area contributed by atoms with E-state index < -0.39 is 5.25 Å². The Morgan fingerprint density at radius 2 is 2.04 bits per heavy atom. The number of methoxy groups -OCH3 is 1. The van der Waals surface area contributed by atoms with E-state index in [0.717, 1.165) is 11.4 Å². The molecule has 0 radical (unpaired) electrons. The first kappa shape index (κ1) is 19.9. The Kier molecular flexibility index (Phi) is 5.69. The molecule has 0 aliphatic heterocycles. The highest BCUT2D eigenvalue weighted by molar-refractivity contribution is 8.00. The number of benzene rings is 1. The maximum atomic E-state index is 13.0. The molecular weight excluding hydrogens is 376 g/mol. The van der Waals surface area contributed by atoms with Gasteiger partial charge in [0.2, 0.25) is 0 Å². The number of rotatable bonds is 7. The zero-order chi connectivity index (χ0) is 20.4. The number of hydrogen-bond acceptors (Lipinski definition) is 6. The lowest BCUT2D eigenvalue weighted by atomic mass is 10.0. The second-order valence-corrected chi connectivity index (χ2v) is 7.80. The molecule has 0 bridgehead atoms. The Balaban J connectivity index is 1.86. The predicted molar refractivity (Wildman–Crippen MR) is 108 cm³/mol. The number of ketones is 2. The topological polar surface area (TPSA) is 89.9 Å². The third kappa shape index (κ3) is 3.73. The van der Waals surface area contributed by atoms with Gasteiger partial charge in [-0.3, -0.25) is 14.2 Å². The largest absolute Gasteiger partial charge is 0.497 e. The lowest BCUT2D eigenvalue weighted by Gasteiger charge is -2.12. The number of Topliss-reactive ketones (excluding diaryl/α,β-unsaturated/α-hetero) is 2. The summed E-state index contributed by atoms with van der Waals surface area (Å²) in [5.41, 5.74) is 3.30. The molecule has 0 amide bonds. The molecule has 146 valence electrons. The van der Waals surface area contributed by atoms with Crippen molar-refractivity contribution in [2.45, 2.75) is 38.1 Å². The van der Waals surface area contributed by atoms with Crippen molar-refractivity contribution < 1.29 is 14.3 Å². The Morgan fingerprint density at radius 1 is 1.29 bits per heavy atom. The van der Waals surface area contributed by atoms with Gasteiger partial charge in [-0.2, -0.15) is 0 Å². The third-order valence-electron chi connectivity index (χ3n) is 4.54. The van der Waals surface area contributed by atoms with Gasteiger partial charge in [-0.25, -0.2) is 0 Å². The van der Waals surface area contributed by atoms with Crippen LogP contribution in [0.4, 0.5) is 0 Å². The van der Waals surface area contributed by atoms with Crippen molar-refractivity contribution in [2.75, 3.05) is 7.11 Å². The summed E-state index contributed by atoms with van der Waals surface area (Å²) in [7, 11) is 1.61. The predicted octanol–water partition coefficient (Wildman–Crippen LogP) is 3.79. The smallest absolute Gasteiger partial charge is 0.196 e. The summed E-state index contributed by atoms with van der Waals surface area (Å²) in [5, 5.41) is 8.33. The highest BCUT2D eigenvalue weighted by Gasteiger charge is 2.25. The summed E-state index contributed by atoms with van der Waals surface area (Å²) in [6.45, 7) is 6.92. The molecular formula is C20H22N4O3S. The molecule has 0 saturated carbocycles. The summed E-state index contributed by atoms with van der Waals surface area (Å²) in [5.74, 6) is 0.585. The first-order valence-electron chi connectivity index (χ1n) is 8.79. The lowest BCUT2D eigenvalue weighted by Crippen LogP contribution is -2.16. The van der Waals surface area contributed by atoms with Gasteiger partial charge in [0.05, 0.1) is 23.7 Å². The van der Waals surface area contributed by atoms with Crippen molar-refractivity contribution in [3.63, 3.8) is 0 Å². The molecule has 7 nitrogen and oxygen atoms in total. The normalized spacial score (nSPS) is 12.0. The quantitative estimate of drug-likeness (QED) is 0.481. The van der Waals surface area contributed by atoms with E-state index in [-0.39, 0.29) is 11.6 Å². The van der Waals surface area contributed by atoms with Crippen molar-refractivity contribution in [3.05, 3.63) is 53.1 Å². The Labute approximate surface area is 167 Å².